The largest absolute Gasteiger partial charge is 0.456 e. The van der Waals surface area contributed by atoms with E-state index in [0.717, 1.165) is 17.7 Å². The Hall–Kier alpha value is -3.24. The Morgan fingerprint density at radius 1 is 1.18 bits per heavy atom. The van der Waals surface area contributed by atoms with Crippen LogP contribution in [0.3, 0.4) is 0 Å². The van der Waals surface area contributed by atoms with E-state index < -0.39 is 35.6 Å². The number of hydrogen-bond donors (Lipinski definition) is 1. The Labute approximate surface area is 158 Å². The number of nitrogens with zero attached hydrogens (tertiary/aromatic N) is 4. The van der Waals surface area contributed by atoms with Gasteiger partial charge in [0, 0.05) is 26.4 Å². The minimum absolute atomic E-state index is 0.0922. The second kappa shape index (κ2) is 7.79. The molecule has 0 aromatic carbocycles. The number of hydrogen-bond acceptors (Lipinski definition) is 7. The molecule has 11 nitrogen and oxygen atoms in total. The van der Waals surface area contributed by atoms with Gasteiger partial charge in [0.05, 0.1) is 0 Å². The van der Waals surface area contributed by atoms with Crippen LogP contribution >= 0.6 is 0 Å². The SMILES string of the molecule is CCCCn1c(=O)[nH]c(=O)c2c1nc(COC(=O)CN1C(=O)CCC1=O)n2C. The van der Waals surface area contributed by atoms with Crippen LogP contribution in [0.2, 0.25) is 0 Å². The fourth-order valence-electron chi connectivity index (χ4n) is 3.06. The summed E-state index contributed by atoms with van der Waals surface area (Å²) in [4.78, 5) is 66.9. The number of nitrogens with one attached hydrogen (secondary N) is 1. The highest BCUT2D eigenvalue weighted by Crippen LogP contribution is 2.13. The van der Waals surface area contributed by atoms with Gasteiger partial charge in [0.15, 0.2) is 11.2 Å². The molecule has 0 bridgehead atoms. The molecule has 2 amide bonds. The van der Waals surface area contributed by atoms with Crippen molar-refractivity contribution in [3.05, 3.63) is 26.7 Å². The van der Waals surface area contributed by atoms with Crippen molar-refractivity contribution >= 4 is 28.9 Å². The van der Waals surface area contributed by atoms with Gasteiger partial charge in [0.2, 0.25) is 11.8 Å². The van der Waals surface area contributed by atoms with Gasteiger partial charge in [-0.1, -0.05) is 13.3 Å². The summed E-state index contributed by atoms with van der Waals surface area (Å²) in [5.74, 6) is -1.30. The van der Waals surface area contributed by atoms with E-state index in [4.69, 9.17) is 4.74 Å². The number of aryl methyl sites for hydroxylation is 2. The highest BCUT2D eigenvalue weighted by molar-refractivity contribution is 6.04. The lowest BCUT2D eigenvalue weighted by Gasteiger charge is -2.12. The van der Waals surface area contributed by atoms with Crippen LogP contribution < -0.4 is 11.2 Å². The number of rotatable bonds is 7. The molecule has 11 heteroatoms. The van der Waals surface area contributed by atoms with Crippen LogP contribution in [0.1, 0.15) is 38.4 Å². The highest BCUT2D eigenvalue weighted by atomic mass is 16.5. The summed E-state index contributed by atoms with van der Waals surface area (Å²) >= 11 is 0. The molecule has 1 fully saturated rings. The lowest BCUT2D eigenvalue weighted by Crippen LogP contribution is -2.35. The molecule has 1 N–H and O–H groups in total. The van der Waals surface area contributed by atoms with Crippen molar-refractivity contribution in [1.82, 2.24) is 24.0 Å². The Morgan fingerprint density at radius 3 is 2.50 bits per heavy atom. The number of aromatic amines is 1. The van der Waals surface area contributed by atoms with E-state index in [2.05, 4.69) is 9.97 Å². The summed E-state index contributed by atoms with van der Waals surface area (Å²) in [7, 11) is 1.58. The molecule has 0 spiro atoms. The second-order valence-electron chi connectivity index (χ2n) is 6.56. The molecule has 1 aliphatic rings. The molecule has 2 aromatic heterocycles. The molecule has 3 rings (SSSR count). The molecule has 0 unspecified atom stereocenters. The number of unbranched alkanes of at least 4 members (excludes halogenated alkanes) is 1. The zero-order valence-electron chi connectivity index (χ0n) is 15.7. The number of imidazole rings is 1. The quantitative estimate of drug-likeness (QED) is 0.492. The lowest BCUT2D eigenvalue weighted by molar-refractivity contribution is -0.153. The Kier molecular flexibility index (Phi) is 5.43. The molecule has 0 atom stereocenters. The van der Waals surface area contributed by atoms with Crippen LogP contribution in [0.25, 0.3) is 11.2 Å². The molecule has 0 saturated carbocycles. The van der Waals surface area contributed by atoms with Crippen LogP contribution in [-0.4, -0.2) is 48.3 Å². The second-order valence-corrected chi connectivity index (χ2v) is 6.56. The van der Waals surface area contributed by atoms with Gasteiger partial charge in [-0.15, -0.1) is 0 Å². The van der Waals surface area contributed by atoms with E-state index in [1.165, 1.54) is 9.13 Å². The van der Waals surface area contributed by atoms with Gasteiger partial charge >= 0.3 is 11.7 Å². The highest BCUT2D eigenvalue weighted by Gasteiger charge is 2.31. The minimum Gasteiger partial charge on any atom is -0.456 e. The van der Waals surface area contributed by atoms with E-state index in [-0.39, 0.29) is 36.4 Å². The first kappa shape index (κ1) is 19.5. The van der Waals surface area contributed by atoms with Gasteiger partial charge in [0.1, 0.15) is 19.0 Å². The van der Waals surface area contributed by atoms with Crippen LogP contribution in [0.5, 0.6) is 0 Å². The van der Waals surface area contributed by atoms with Gasteiger partial charge in [-0.25, -0.2) is 9.78 Å². The zero-order chi connectivity index (χ0) is 20.4. The molecular weight excluding hydrogens is 370 g/mol. The summed E-state index contributed by atoms with van der Waals surface area (Å²) in [6.07, 6.45) is 1.78. The van der Waals surface area contributed by atoms with E-state index in [0.29, 0.717) is 6.54 Å². The summed E-state index contributed by atoms with van der Waals surface area (Å²) in [5.41, 5.74) is -0.695. The Morgan fingerprint density at radius 2 is 1.86 bits per heavy atom. The van der Waals surface area contributed by atoms with Crippen LogP contribution in [-0.2, 0) is 39.3 Å². The average molecular weight is 391 g/mol. The van der Waals surface area contributed by atoms with Gasteiger partial charge in [-0.3, -0.25) is 33.6 Å². The number of carbonyl (C=O) groups excluding carboxylic acids is 3. The first-order valence-electron chi connectivity index (χ1n) is 9.00. The van der Waals surface area contributed by atoms with Crippen molar-refractivity contribution in [3.63, 3.8) is 0 Å². The molecule has 150 valence electrons. The number of imide groups is 1. The van der Waals surface area contributed by atoms with E-state index in [9.17, 15) is 24.0 Å². The number of amides is 2. The number of fused-ring (bicyclic) bond motifs is 1. The van der Waals surface area contributed by atoms with E-state index >= 15 is 0 Å². The molecule has 28 heavy (non-hydrogen) atoms. The first-order chi connectivity index (χ1) is 13.3. The predicted octanol–water partition coefficient (Wildman–Crippen LogP) is -0.584. The summed E-state index contributed by atoms with van der Waals surface area (Å²) < 4.78 is 7.96. The number of esters is 1. The fourth-order valence-corrected chi connectivity index (χ4v) is 3.06. The molecule has 0 aliphatic carbocycles. The molecule has 1 aliphatic heterocycles. The number of likely N-dealkylation sites (tertiary alicyclic amines) is 1. The third-order valence-electron chi connectivity index (χ3n) is 4.65. The minimum atomic E-state index is -0.757. The number of carbonyl (C=O) groups is 3. The van der Waals surface area contributed by atoms with Crippen molar-refractivity contribution in [1.29, 1.82) is 0 Å². The third kappa shape index (κ3) is 3.59. The maximum atomic E-state index is 12.2. The Balaban J connectivity index is 1.81. The molecule has 3 heterocycles. The molecular formula is C17H21N5O6. The van der Waals surface area contributed by atoms with Crippen LogP contribution in [0.15, 0.2) is 9.59 Å². The maximum Gasteiger partial charge on any atom is 0.330 e. The summed E-state index contributed by atoms with van der Waals surface area (Å²) in [6, 6.07) is 0. The van der Waals surface area contributed by atoms with Crippen molar-refractivity contribution in [2.75, 3.05) is 6.54 Å². The standard InChI is InChI=1S/C17H21N5O6/c1-3-4-7-21-15-14(16(26)19-17(21)27)20(2)10(18-15)9-28-13(25)8-22-11(23)5-6-12(22)24/h3-9H2,1-2H3,(H,19,26,27). The topological polar surface area (TPSA) is 136 Å². The van der Waals surface area contributed by atoms with Gasteiger partial charge in [-0.05, 0) is 6.42 Å². The van der Waals surface area contributed by atoms with E-state index in [1.54, 1.807) is 7.05 Å². The van der Waals surface area contributed by atoms with Crippen molar-refractivity contribution in [2.24, 2.45) is 7.05 Å². The summed E-state index contributed by atoms with van der Waals surface area (Å²) in [6.45, 7) is 1.66. The zero-order valence-corrected chi connectivity index (χ0v) is 15.7. The Bertz CT molecular complexity index is 1050. The van der Waals surface area contributed by atoms with Gasteiger partial charge in [0.25, 0.3) is 5.56 Å². The lowest BCUT2D eigenvalue weighted by atomic mass is 10.3. The summed E-state index contributed by atoms with van der Waals surface area (Å²) in [5, 5.41) is 0. The van der Waals surface area contributed by atoms with Gasteiger partial charge < -0.3 is 9.30 Å². The van der Waals surface area contributed by atoms with Crippen LogP contribution in [0.4, 0.5) is 0 Å². The van der Waals surface area contributed by atoms with Crippen molar-refractivity contribution < 1.29 is 19.1 Å². The number of ether oxygens (including phenoxy) is 1. The fraction of sp³-hybridized carbons (Fsp3) is 0.529. The monoisotopic (exact) mass is 391 g/mol. The van der Waals surface area contributed by atoms with E-state index in [1.807, 2.05) is 6.92 Å². The third-order valence-corrected chi connectivity index (χ3v) is 4.65. The van der Waals surface area contributed by atoms with Crippen LogP contribution in [0, 0.1) is 0 Å². The average Bonchev–Trinajstić information content (AvgIpc) is 3.14. The normalized spacial score (nSPS) is 14.3. The van der Waals surface area contributed by atoms with Crippen molar-refractivity contribution in [2.45, 2.75) is 45.8 Å². The van der Waals surface area contributed by atoms with Gasteiger partial charge in [-0.2, -0.15) is 0 Å². The maximum absolute atomic E-state index is 12.2. The smallest absolute Gasteiger partial charge is 0.330 e. The first-order valence-corrected chi connectivity index (χ1v) is 9.00. The number of H-pyrrole nitrogens is 1. The number of aromatic nitrogens is 4. The molecule has 0 radical (unpaired) electrons. The van der Waals surface area contributed by atoms with Crippen molar-refractivity contribution in [3.8, 4) is 0 Å². The predicted molar refractivity (Wildman–Crippen MR) is 96.3 cm³/mol. The molecule has 2 aromatic rings. The molecule has 1 saturated heterocycles.